The van der Waals surface area contributed by atoms with Crippen molar-refractivity contribution in [2.24, 2.45) is 0 Å². The smallest absolute Gasteiger partial charge is 0.259 e. The second kappa shape index (κ2) is 6.42. The number of ether oxygens (including phenoxy) is 1. The Morgan fingerprint density at radius 3 is 2.68 bits per heavy atom. The average molecular weight is 314 g/mol. The zero-order valence-electron chi connectivity index (χ0n) is 12.7. The van der Waals surface area contributed by atoms with Crippen molar-refractivity contribution < 1.29 is 4.74 Å². The number of benzene rings is 1. The Kier molecular flexibility index (Phi) is 4.36. The van der Waals surface area contributed by atoms with E-state index in [0.717, 1.165) is 22.4 Å². The molecule has 0 aliphatic heterocycles. The monoisotopic (exact) mass is 314 g/mol. The zero-order valence-corrected chi connectivity index (χ0v) is 13.5. The minimum Gasteiger partial charge on any atom is -0.377 e. The highest BCUT2D eigenvalue weighted by molar-refractivity contribution is 7.18. The summed E-state index contributed by atoms with van der Waals surface area (Å²) in [5.41, 5.74) is 1.94. The van der Waals surface area contributed by atoms with E-state index in [-0.39, 0.29) is 5.56 Å². The van der Waals surface area contributed by atoms with Gasteiger partial charge in [-0.2, -0.15) is 0 Å². The summed E-state index contributed by atoms with van der Waals surface area (Å²) in [5.74, 6) is 0.616. The maximum absolute atomic E-state index is 12.2. The second-order valence-corrected chi connectivity index (χ2v) is 6.15. The predicted molar refractivity (Wildman–Crippen MR) is 90.4 cm³/mol. The van der Waals surface area contributed by atoms with Gasteiger partial charge in [0.2, 0.25) is 0 Å². The van der Waals surface area contributed by atoms with Crippen molar-refractivity contribution in [3.05, 3.63) is 51.1 Å². The SMILES string of the molecule is CCOCc1ccc(-c2nc3sc(CC)cc3c(=O)[nH]2)cc1. The van der Waals surface area contributed by atoms with E-state index in [1.54, 1.807) is 11.3 Å². The van der Waals surface area contributed by atoms with Crippen LogP contribution in [0.2, 0.25) is 0 Å². The van der Waals surface area contributed by atoms with E-state index in [1.165, 1.54) is 4.88 Å². The Morgan fingerprint density at radius 2 is 2.00 bits per heavy atom. The van der Waals surface area contributed by atoms with Crippen molar-refractivity contribution in [3.63, 3.8) is 0 Å². The lowest BCUT2D eigenvalue weighted by Gasteiger charge is -2.04. The number of nitrogens with one attached hydrogen (secondary N) is 1. The number of nitrogens with zero attached hydrogens (tertiary/aromatic N) is 1. The molecule has 0 atom stereocenters. The van der Waals surface area contributed by atoms with Gasteiger partial charge in [-0.3, -0.25) is 4.79 Å². The molecule has 1 aromatic carbocycles. The van der Waals surface area contributed by atoms with Gasteiger partial charge < -0.3 is 9.72 Å². The normalized spacial score (nSPS) is 11.2. The van der Waals surface area contributed by atoms with Gasteiger partial charge in [-0.1, -0.05) is 31.2 Å². The average Bonchev–Trinajstić information content (AvgIpc) is 2.97. The standard InChI is InChI=1S/C17H18N2O2S/c1-3-13-9-14-16(20)18-15(19-17(14)22-13)12-7-5-11(6-8-12)10-21-4-2/h5-9H,3-4,10H2,1-2H3,(H,18,19,20). The Hall–Kier alpha value is -1.98. The largest absolute Gasteiger partial charge is 0.377 e. The summed E-state index contributed by atoms with van der Waals surface area (Å²) in [6, 6.07) is 9.86. The van der Waals surface area contributed by atoms with Crippen molar-refractivity contribution in [1.29, 1.82) is 0 Å². The minimum atomic E-state index is -0.0747. The number of aryl methyl sites for hydroxylation is 1. The van der Waals surface area contributed by atoms with Crippen LogP contribution in [0.3, 0.4) is 0 Å². The molecule has 3 rings (SSSR count). The molecule has 0 aliphatic rings. The van der Waals surface area contributed by atoms with Crippen molar-refractivity contribution >= 4 is 21.6 Å². The van der Waals surface area contributed by atoms with E-state index in [2.05, 4.69) is 16.9 Å². The van der Waals surface area contributed by atoms with Gasteiger partial charge in [0.05, 0.1) is 12.0 Å². The molecule has 2 heterocycles. The van der Waals surface area contributed by atoms with Gasteiger partial charge in [0.1, 0.15) is 10.7 Å². The lowest BCUT2D eigenvalue weighted by atomic mass is 10.1. The van der Waals surface area contributed by atoms with Crippen molar-refractivity contribution in [2.75, 3.05) is 6.61 Å². The van der Waals surface area contributed by atoms with Crippen LogP contribution in [0.4, 0.5) is 0 Å². The van der Waals surface area contributed by atoms with Crippen LogP contribution in [0.25, 0.3) is 21.6 Å². The third-order valence-corrected chi connectivity index (χ3v) is 4.68. The van der Waals surface area contributed by atoms with E-state index in [4.69, 9.17) is 4.74 Å². The van der Waals surface area contributed by atoms with Gasteiger partial charge >= 0.3 is 0 Å². The second-order valence-electron chi connectivity index (χ2n) is 5.03. The van der Waals surface area contributed by atoms with E-state index in [9.17, 15) is 4.79 Å². The topological polar surface area (TPSA) is 55.0 Å². The maximum atomic E-state index is 12.2. The third-order valence-electron chi connectivity index (χ3n) is 3.50. The fourth-order valence-corrected chi connectivity index (χ4v) is 3.24. The maximum Gasteiger partial charge on any atom is 0.259 e. The van der Waals surface area contributed by atoms with Crippen LogP contribution in [-0.4, -0.2) is 16.6 Å². The molecule has 2 aromatic heterocycles. The summed E-state index contributed by atoms with van der Waals surface area (Å²) >= 11 is 1.58. The van der Waals surface area contributed by atoms with Crippen molar-refractivity contribution in [2.45, 2.75) is 26.9 Å². The highest BCUT2D eigenvalue weighted by Gasteiger charge is 2.09. The van der Waals surface area contributed by atoms with E-state index < -0.39 is 0 Å². The first kappa shape index (κ1) is 14.9. The van der Waals surface area contributed by atoms with Gasteiger partial charge in [0, 0.05) is 17.0 Å². The Morgan fingerprint density at radius 1 is 1.23 bits per heavy atom. The van der Waals surface area contributed by atoms with Gasteiger partial charge in [0.15, 0.2) is 0 Å². The van der Waals surface area contributed by atoms with E-state index >= 15 is 0 Å². The van der Waals surface area contributed by atoms with E-state index in [0.29, 0.717) is 24.4 Å². The molecule has 0 spiro atoms. The molecule has 1 N–H and O–H groups in total. The summed E-state index contributed by atoms with van der Waals surface area (Å²) < 4.78 is 5.39. The molecule has 0 bridgehead atoms. The molecule has 0 amide bonds. The highest BCUT2D eigenvalue weighted by Crippen LogP contribution is 2.24. The third kappa shape index (κ3) is 2.96. The Labute approximate surface area is 132 Å². The molecule has 0 saturated carbocycles. The minimum absolute atomic E-state index is 0.0747. The number of thiophene rings is 1. The Balaban J connectivity index is 1.97. The molecule has 0 radical (unpaired) electrons. The lowest BCUT2D eigenvalue weighted by Crippen LogP contribution is -2.08. The summed E-state index contributed by atoms with van der Waals surface area (Å²) in [6.45, 7) is 5.36. The molecule has 0 aliphatic carbocycles. The van der Waals surface area contributed by atoms with Gasteiger partial charge in [-0.05, 0) is 25.0 Å². The van der Waals surface area contributed by atoms with Crippen LogP contribution < -0.4 is 5.56 Å². The Bertz CT molecular complexity index is 834. The molecule has 22 heavy (non-hydrogen) atoms. The predicted octanol–water partition coefficient (Wildman–Crippen LogP) is 3.75. The number of hydrogen-bond donors (Lipinski definition) is 1. The molecule has 3 aromatic rings. The molecule has 0 unspecified atom stereocenters. The molecule has 114 valence electrons. The van der Waals surface area contributed by atoms with Gasteiger partial charge in [-0.25, -0.2) is 4.98 Å². The molecule has 4 nitrogen and oxygen atoms in total. The highest BCUT2D eigenvalue weighted by atomic mass is 32.1. The molecule has 5 heteroatoms. The van der Waals surface area contributed by atoms with Crippen LogP contribution in [0.1, 0.15) is 24.3 Å². The van der Waals surface area contributed by atoms with Crippen molar-refractivity contribution in [1.82, 2.24) is 9.97 Å². The first-order valence-corrected chi connectivity index (χ1v) is 8.22. The lowest BCUT2D eigenvalue weighted by molar-refractivity contribution is 0.134. The fraction of sp³-hybridized carbons (Fsp3) is 0.294. The first-order chi connectivity index (χ1) is 10.7. The van der Waals surface area contributed by atoms with Crippen LogP contribution >= 0.6 is 11.3 Å². The number of rotatable bonds is 5. The number of fused-ring (bicyclic) bond motifs is 1. The quantitative estimate of drug-likeness (QED) is 0.780. The number of aromatic amines is 1. The fourth-order valence-electron chi connectivity index (χ4n) is 2.27. The summed E-state index contributed by atoms with van der Waals surface area (Å²) in [6.07, 6.45) is 0.919. The van der Waals surface area contributed by atoms with Crippen LogP contribution in [0.5, 0.6) is 0 Å². The van der Waals surface area contributed by atoms with Crippen LogP contribution in [0, 0.1) is 0 Å². The molecule has 0 fully saturated rings. The molecule has 0 saturated heterocycles. The van der Waals surface area contributed by atoms with Gasteiger partial charge in [-0.15, -0.1) is 11.3 Å². The summed E-state index contributed by atoms with van der Waals surface area (Å²) in [4.78, 5) is 21.7. The van der Waals surface area contributed by atoms with E-state index in [1.807, 2.05) is 37.3 Å². The first-order valence-electron chi connectivity index (χ1n) is 7.41. The number of H-pyrrole nitrogens is 1. The molecular weight excluding hydrogens is 296 g/mol. The summed E-state index contributed by atoms with van der Waals surface area (Å²) in [7, 11) is 0. The molecular formula is C17H18N2O2S. The number of hydrogen-bond acceptors (Lipinski definition) is 4. The number of aromatic nitrogens is 2. The zero-order chi connectivity index (χ0) is 15.5. The van der Waals surface area contributed by atoms with Crippen LogP contribution in [0.15, 0.2) is 35.1 Å². The van der Waals surface area contributed by atoms with Crippen LogP contribution in [-0.2, 0) is 17.8 Å². The van der Waals surface area contributed by atoms with Crippen molar-refractivity contribution in [3.8, 4) is 11.4 Å². The summed E-state index contributed by atoms with van der Waals surface area (Å²) in [5, 5.41) is 0.679. The van der Waals surface area contributed by atoms with Gasteiger partial charge in [0.25, 0.3) is 5.56 Å².